The lowest BCUT2D eigenvalue weighted by atomic mass is 10.0. The molecule has 0 spiro atoms. The molecule has 1 saturated heterocycles. The standard InChI is InChI=1S/C26H28F3N3O6S/c1-2-36-26(35)22-13-37-21-7-14(3-4-20(21)38-22)12-31-24(34)25-32(5-6-39-25)23(33)10-16(30)8-15-9-18(28)19(29)11-17(15)27/h3-4,7,9,11,16,22,25H,2,5-6,8,10,12-13,30H2,1H3,(H,31,34). The van der Waals surface area contributed by atoms with E-state index in [1.54, 1.807) is 25.1 Å². The van der Waals surface area contributed by atoms with Crippen molar-refractivity contribution >= 4 is 29.5 Å². The van der Waals surface area contributed by atoms with Gasteiger partial charge in [0.1, 0.15) is 12.4 Å². The van der Waals surface area contributed by atoms with Crippen LogP contribution in [0, 0.1) is 17.5 Å². The summed E-state index contributed by atoms with van der Waals surface area (Å²) in [6.07, 6.45) is -1.22. The number of amides is 2. The van der Waals surface area contributed by atoms with Crippen molar-refractivity contribution in [3.63, 3.8) is 0 Å². The van der Waals surface area contributed by atoms with Gasteiger partial charge in [-0.3, -0.25) is 9.59 Å². The van der Waals surface area contributed by atoms with Crippen LogP contribution in [0.2, 0.25) is 0 Å². The SMILES string of the molecule is CCOC(=O)C1COc2cc(CNC(=O)C3SCCN3C(=O)CC(N)Cc3cc(F)c(F)cc3F)ccc2O1. The molecule has 3 N–H and O–H groups in total. The lowest BCUT2D eigenvalue weighted by Gasteiger charge is -2.26. The van der Waals surface area contributed by atoms with Crippen molar-refractivity contribution in [1.29, 1.82) is 0 Å². The number of esters is 1. The van der Waals surface area contributed by atoms with Gasteiger partial charge in [0.05, 0.1) is 6.61 Å². The third-order valence-electron chi connectivity index (χ3n) is 6.13. The zero-order valence-electron chi connectivity index (χ0n) is 21.1. The third-order valence-corrected chi connectivity index (χ3v) is 7.33. The molecule has 2 amide bonds. The maximum Gasteiger partial charge on any atom is 0.350 e. The molecule has 4 rings (SSSR count). The first-order chi connectivity index (χ1) is 18.7. The number of ether oxygens (including phenoxy) is 3. The zero-order valence-corrected chi connectivity index (χ0v) is 21.9. The van der Waals surface area contributed by atoms with Crippen molar-refractivity contribution in [2.75, 3.05) is 25.5 Å². The second-order valence-corrected chi connectivity index (χ2v) is 10.2. The minimum absolute atomic E-state index is 0.00229. The van der Waals surface area contributed by atoms with Gasteiger partial charge in [0.2, 0.25) is 12.0 Å². The van der Waals surface area contributed by atoms with Crippen LogP contribution >= 0.6 is 11.8 Å². The molecule has 210 valence electrons. The molecule has 2 aliphatic rings. The Morgan fingerprint density at radius 1 is 1.15 bits per heavy atom. The van der Waals surface area contributed by atoms with E-state index in [0.717, 1.165) is 11.6 Å². The normalized spacial score (nSPS) is 18.9. The van der Waals surface area contributed by atoms with Crippen molar-refractivity contribution in [1.82, 2.24) is 10.2 Å². The highest BCUT2D eigenvalue weighted by molar-refractivity contribution is 8.00. The maximum absolute atomic E-state index is 13.9. The van der Waals surface area contributed by atoms with E-state index in [4.69, 9.17) is 19.9 Å². The average Bonchev–Trinajstić information content (AvgIpc) is 3.40. The Morgan fingerprint density at radius 3 is 2.69 bits per heavy atom. The van der Waals surface area contributed by atoms with Crippen LogP contribution in [-0.2, 0) is 32.1 Å². The number of hydrogen-bond donors (Lipinski definition) is 2. The van der Waals surface area contributed by atoms with Gasteiger partial charge in [-0.1, -0.05) is 6.07 Å². The van der Waals surface area contributed by atoms with Crippen LogP contribution in [0.3, 0.4) is 0 Å². The summed E-state index contributed by atoms with van der Waals surface area (Å²) < 4.78 is 56.8. The van der Waals surface area contributed by atoms with E-state index in [0.29, 0.717) is 29.9 Å². The molecule has 13 heteroatoms. The highest BCUT2D eigenvalue weighted by atomic mass is 32.2. The molecule has 2 aromatic rings. The van der Waals surface area contributed by atoms with Gasteiger partial charge in [0, 0.05) is 37.4 Å². The zero-order chi connectivity index (χ0) is 28.1. The second-order valence-electron chi connectivity index (χ2n) is 9.00. The maximum atomic E-state index is 13.9. The van der Waals surface area contributed by atoms with Gasteiger partial charge in [-0.05, 0) is 42.7 Å². The molecular formula is C26H28F3N3O6S. The summed E-state index contributed by atoms with van der Waals surface area (Å²) in [5, 5.41) is 2.04. The van der Waals surface area contributed by atoms with Crippen molar-refractivity contribution in [2.45, 2.75) is 43.8 Å². The quantitative estimate of drug-likeness (QED) is 0.350. The molecule has 2 aliphatic heterocycles. The fraction of sp³-hybridized carbons (Fsp3) is 0.423. The Labute approximate surface area is 227 Å². The fourth-order valence-corrected chi connectivity index (χ4v) is 5.38. The van der Waals surface area contributed by atoms with Gasteiger partial charge in [-0.25, -0.2) is 18.0 Å². The molecule has 0 bridgehead atoms. The Bertz CT molecular complexity index is 1250. The van der Waals surface area contributed by atoms with E-state index in [1.807, 2.05) is 0 Å². The molecule has 1 fully saturated rings. The number of halogens is 3. The average molecular weight is 568 g/mol. The summed E-state index contributed by atoms with van der Waals surface area (Å²) in [7, 11) is 0. The lowest BCUT2D eigenvalue weighted by molar-refractivity contribution is -0.154. The Morgan fingerprint density at radius 2 is 1.92 bits per heavy atom. The van der Waals surface area contributed by atoms with Crippen molar-refractivity contribution in [3.05, 3.63) is 58.9 Å². The number of thioether (sulfide) groups is 1. The smallest absolute Gasteiger partial charge is 0.350 e. The van der Waals surface area contributed by atoms with Crippen molar-refractivity contribution in [3.8, 4) is 11.5 Å². The van der Waals surface area contributed by atoms with Gasteiger partial charge >= 0.3 is 5.97 Å². The molecule has 0 aliphatic carbocycles. The first kappa shape index (κ1) is 28.6. The van der Waals surface area contributed by atoms with Gasteiger partial charge < -0.3 is 30.2 Å². The number of carbonyl (C=O) groups excluding carboxylic acids is 3. The van der Waals surface area contributed by atoms with E-state index in [1.165, 1.54) is 16.7 Å². The van der Waals surface area contributed by atoms with Gasteiger partial charge in [0.25, 0.3) is 5.91 Å². The molecule has 3 atom stereocenters. The summed E-state index contributed by atoms with van der Waals surface area (Å²) in [4.78, 5) is 39.1. The molecular weight excluding hydrogens is 539 g/mol. The topological polar surface area (TPSA) is 120 Å². The van der Waals surface area contributed by atoms with E-state index >= 15 is 0 Å². The summed E-state index contributed by atoms with van der Waals surface area (Å²) in [6, 6.07) is 5.37. The van der Waals surface area contributed by atoms with Crippen LogP contribution in [-0.4, -0.2) is 65.7 Å². The number of benzene rings is 2. The molecule has 0 radical (unpaired) electrons. The first-order valence-corrected chi connectivity index (χ1v) is 13.4. The van der Waals surface area contributed by atoms with Crippen LogP contribution in [0.15, 0.2) is 30.3 Å². The van der Waals surface area contributed by atoms with Crippen LogP contribution in [0.25, 0.3) is 0 Å². The molecule has 0 aromatic heterocycles. The number of hydrogen-bond acceptors (Lipinski definition) is 8. The minimum Gasteiger partial charge on any atom is -0.485 e. The van der Waals surface area contributed by atoms with E-state index < -0.39 is 46.8 Å². The van der Waals surface area contributed by atoms with Crippen LogP contribution in [0.4, 0.5) is 13.2 Å². The summed E-state index contributed by atoms with van der Waals surface area (Å²) in [5.74, 6) is -3.36. The lowest BCUT2D eigenvalue weighted by Crippen LogP contribution is -2.46. The van der Waals surface area contributed by atoms with Crippen molar-refractivity contribution < 1.29 is 41.8 Å². The summed E-state index contributed by atoms with van der Waals surface area (Å²) >= 11 is 1.30. The fourth-order valence-electron chi connectivity index (χ4n) is 4.21. The summed E-state index contributed by atoms with van der Waals surface area (Å²) in [5.41, 5.74) is 6.59. The van der Waals surface area contributed by atoms with Crippen molar-refractivity contribution in [2.24, 2.45) is 5.73 Å². The van der Waals surface area contributed by atoms with Gasteiger partial charge in [0.15, 0.2) is 28.5 Å². The van der Waals surface area contributed by atoms with Gasteiger partial charge in [-0.15, -0.1) is 11.8 Å². The molecule has 9 nitrogen and oxygen atoms in total. The van der Waals surface area contributed by atoms with Crippen LogP contribution in [0.1, 0.15) is 24.5 Å². The second kappa shape index (κ2) is 12.6. The Balaban J connectivity index is 1.30. The van der Waals surface area contributed by atoms with Crippen LogP contribution < -0.4 is 20.5 Å². The number of rotatable bonds is 9. The number of nitrogens with zero attached hydrogens (tertiary/aromatic N) is 1. The number of carbonyl (C=O) groups is 3. The molecule has 0 saturated carbocycles. The largest absolute Gasteiger partial charge is 0.485 e. The predicted octanol–water partition coefficient (Wildman–Crippen LogP) is 2.28. The highest BCUT2D eigenvalue weighted by Crippen LogP contribution is 2.33. The Hall–Kier alpha value is -3.45. The molecule has 3 unspecified atom stereocenters. The van der Waals surface area contributed by atoms with E-state index in [9.17, 15) is 27.6 Å². The van der Waals surface area contributed by atoms with E-state index in [2.05, 4.69) is 5.32 Å². The van der Waals surface area contributed by atoms with Gasteiger partial charge in [-0.2, -0.15) is 0 Å². The summed E-state index contributed by atoms with van der Waals surface area (Å²) in [6.45, 7) is 2.43. The minimum atomic E-state index is -1.30. The first-order valence-electron chi connectivity index (χ1n) is 12.3. The highest BCUT2D eigenvalue weighted by Gasteiger charge is 2.35. The predicted molar refractivity (Wildman–Crippen MR) is 135 cm³/mol. The monoisotopic (exact) mass is 567 g/mol. The number of fused-ring (bicyclic) bond motifs is 1. The third kappa shape index (κ3) is 6.95. The van der Waals surface area contributed by atoms with Crippen LogP contribution in [0.5, 0.6) is 11.5 Å². The molecule has 2 aromatic carbocycles. The molecule has 39 heavy (non-hydrogen) atoms. The number of nitrogens with one attached hydrogen (secondary N) is 1. The number of nitrogens with two attached hydrogens (primary N) is 1. The molecule has 2 heterocycles. The van der Waals surface area contributed by atoms with E-state index in [-0.39, 0.29) is 44.1 Å². The Kier molecular flexibility index (Phi) is 9.23.